The van der Waals surface area contributed by atoms with E-state index in [0.29, 0.717) is 36.6 Å². The molecule has 0 bridgehead atoms. The Morgan fingerprint density at radius 1 is 0.906 bits per heavy atom. The number of hydrogen-bond acceptors (Lipinski definition) is 14. The molecule has 2 aromatic carbocycles. The molecule has 6 rings (SSSR count). The van der Waals surface area contributed by atoms with Crippen LogP contribution in [0.15, 0.2) is 59.5 Å². The van der Waals surface area contributed by atoms with Crippen molar-refractivity contribution in [3.63, 3.8) is 0 Å². The number of pyridine rings is 1. The number of rotatable bonds is 15. The van der Waals surface area contributed by atoms with Gasteiger partial charge in [-0.2, -0.15) is 14.0 Å². The van der Waals surface area contributed by atoms with Crippen LogP contribution in [0.25, 0.3) is 10.8 Å². The van der Waals surface area contributed by atoms with Crippen molar-refractivity contribution in [3.05, 3.63) is 86.7 Å². The highest BCUT2D eigenvalue weighted by molar-refractivity contribution is 7.54. The van der Waals surface area contributed by atoms with Crippen LogP contribution in [0.3, 0.4) is 0 Å². The average molecular weight is 916 g/mol. The third-order valence-corrected chi connectivity index (χ3v) is 12.9. The molecule has 0 aliphatic carbocycles. The van der Waals surface area contributed by atoms with Crippen LogP contribution in [0.5, 0.6) is 0 Å². The number of fused-ring (bicyclic) bond motifs is 2. The van der Waals surface area contributed by atoms with E-state index < -0.39 is 92.8 Å². The van der Waals surface area contributed by atoms with Gasteiger partial charge in [-0.25, -0.2) is 9.59 Å². The zero-order valence-corrected chi connectivity index (χ0v) is 36.5. The number of aromatic nitrogens is 1. The van der Waals surface area contributed by atoms with Gasteiger partial charge in [-0.15, -0.1) is 5.01 Å². The summed E-state index contributed by atoms with van der Waals surface area (Å²) in [5.74, 6) is -2.14. The smallest absolute Gasteiger partial charge is 0.432 e. The molecule has 2 amide bonds. The monoisotopic (exact) mass is 915 g/mol. The second-order valence-electron chi connectivity index (χ2n) is 16.2. The van der Waals surface area contributed by atoms with Gasteiger partial charge in [0.25, 0.3) is 11.8 Å². The fraction of sp³-hybridized carbons (Fsp3) is 0.524. The van der Waals surface area contributed by atoms with E-state index in [1.807, 2.05) is 0 Å². The topological polar surface area (TPSA) is 236 Å². The molecular weight excluding hydrogens is 865 g/mol. The van der Waals surface area contributed by atoms with Crippen LogP contribution in [0.1, 0.15) is 93.6 Å². The summed E-state index contributed by atoms with van der Waals surface area (Å²) >= 11 is 0. The minimum Gasteiger partial charge on any atom is -0.432 e. The van der Waals surface area contributed by atoms with Gasteiger partial charge in [0, 0.05) is 41.8 Å². The number of H-pyrrole nitrogens is 1. The van der Waals surface area contributed by atoms with Crippen LogP contribution in [-0.2, 0) is 43.0 Å². The predicted octanol–water partition coefficient (Wildman–Crippen LogP) is 6.76. The molecule has 3 fully saturated rings. The second-order valence-corrected chi connectivity index (χ2v) is 18.3. The molecule has 19 nitrogen and oxygen atoms in total. The molecule has 1 aromatic heterocycles. The molecule has 3 aromatic rings. The molecule has 64 heavy (non-hydrogen) atoms. The maximum absolute atomic E-state index is 16.3. The van der Waals surface area contributed by atoms with Crippen molar-refractivity contribution in [1.29, 1.82) is 5.26 Å². The van der Waals surface area contributed by atoms with E-state index >= 15 is 8.78 Å². The van der Waals surface area contributed by atoms with Gasteiger partial charge in [-0.1, -0.05) is 31.0 Å². The maximum atomic E-state index is 16.3. The highest BCUT2D eigenvalue weighted by Crippen LogP contribution is 2.67. The summed E-state index contributed by atoms with van der Waals surface area (Å²) in [5, 5.41) is 14.7. The maximum Gasteiger partial charge on any atom is 0.510 e. The lowest BCUT2D eigenvalue weighted by Crippen LogP contribution is -2.57. The number of nitriles is 1. The van der Waals surface area contributed by atoms with Gasteiger partial charge < -0.3 is 29.2 Å². The molecule has 344 valence electrons. The summed E-state index contributed by atoms with van der Waals surface area (Å²) in [4.78, 5) is 82.9. The average Bonchev–Trinajstić information content (AvgIpc) is 3.87. The molecule has 4 heterocycles. The molecule has 0 saturated carbocycles. The number of nitrogens with zero attached hydrogens (tertiary/aromatic N) is 4. The van der Waals surface area contributed by atoms with Gasteiger partial charge in [-0.05, 0) is 87.6 Å². The largest absolute Gasteiger partial charge is 0.510 e. The minimum absolute atomic E-state index is 0.00184. The Balaban J connectivity index is 1.18. The van der Waals surface area contributed by atoms with Gasteiger partial charge in [-0.3, -0.25) is 32.9 Å². The van der Waals surface area contributed by atoms with E-state index in [0.717, 1.165) is 23.4 Å². The van der Waals surface area contributed by atoms with E-state index in [1.54, 1.807) is 6.07 Å². The zero-order valence-electron chi connectivity index (χ0n) is 35.6. The van der Waals surface area contributed by atoms with Crippen LogP contribution in [0.4, 0.5) is 18.4 Å². The van der Waals surface area contributed by atoms with Crippen molar-refractivity contribution in [2.45, 2.75) is 108 Å². The van der Waals surface area contributed by atoms with Crippen molar-refractivity contribution in [3.8, 4) is 6.07 Å². The molecule has 3 saturated heterocycles. The number of halogens is 2. The van der Waals surface area contributed by atoms with Crippen molar-refractivity contribution in [2.75, 3.05) is 26.7 Å². The van der Waals surface area contributed by atoms with Crippen molar-refractivity contribution in [2.24, 2.45) is 5.92 Å². The number of alkyl halides is 2. The highest BCUT2D eigenvalue weighted by Gasteiger charge is 2.56. The first-order chi connectivity index (χ1) is 30.4. The highest BCUT2D eigenvalue weighted by atomic mass is 31.2. The summed E-state index contributed by atoms with van der Waals surface area (Å²) in [7, 11) is -5.70. The Morgan fingerprint density at radius 2 is 1.56 bits per heavy atom. The molecule has 3 aliphatic heterocycles. The number of hydrazine groups is 1. The third kappa shape index (κ3) is 10.9. The van der Waals surface area contributed by atoms with Crippen molar-refractivity contribution in [1.82, 2.24) is 20.2 Å². The molecule has 5 atom stereocenters. The lowest BCUT2D eigenvalue weighted by molar-refractivity contribution is -0.743. The normalized spacial score (nSPS) is 21.5. The molecule has 0 unspecified atom stereocenters. The third-order valence-electron chi connectivity index (χ3n) is 11.1. The lowest BCUT2D eigenvalue weighted by atomic mass is 9.91. The summed E-state index contributed by atoms with van der Waals surface area (Å²) in [6.07, 6.45) is -0.126. The van der Waals surface area contributed by atoms with E-state index in [2.05, 4.69) is 25.8 Å². The second kappa shape index (κ2) is 20.2. The molecule has 0 spiro atoms. The molecule has 0 radical (unpaired) electrons. The number of hydrogen-bond donors (Lipinski definition) is 2. The zero-order chi connectivity index (χ0) is 46.3. The fourth-order valence-electron chi connectivity index (χ4n) is 8.06. The van der Waals surface area contributed by atoms with E-state index in [4.69, 9.17) is 18.5 Å². The number of aromatic amines is 1. The first-order valence-electron chi connectivity index (χ1n) is 20.8. The Kier molecular flexibility index (Phi) is 15.0. The quantitative estimate of drug-likeness (QED) is 0.0693. The minimum atomic E-state index is -5.70. The summed E-state index contributed by atoms with van der Waals surface area (Å²) < 4.78 is 74.9. The van der Waals surface area contributed by atoms with Gasteiger partial charge in [0.1, 0.15) is 10.9 Å². The fourth-order valence-corrected chi connectivity index (χ4v) is 9.30. The van der Waals surface area contributed by atoms with E-state index in [9.17, 15) is 38.7 Å². The number of nitroso groups, excluding NO2 is 1. The summed E-state index contributed by atoms with van der Waals surface area (Å²) in [6.45, 7) is 3.68. The molecular formula is C42H50F2N6O13P+. The number of carbonyl (C=O) groups is 4. The Labute approximate surface area is 366 Å². The Bertz CT molecular complexity index is 2360. The number of amides is 2. The van der Waals surface area contributed by atoms with E-state index in [1.165, 1.54) is 74.1 Å². The van der Waals surface area contributed by atoms with E-state index in [-0.39, 0.29) is 42.1 Å². The number of ether oxygens (including phenoxy) is 4. The number of carbonyl (C=O) groups excluding carboxylic acids is 4. The lowest BCUT2D eigenvalue weighted by Gasteiger charge is -2.32. The summed E-state index contributed by atoms with van der Waals surface area (Å²) in [6, 6.07) is 11.5. The van der Waals surface area contributed by atoms with Gasteiger partial charge >= 0.3 is 31.7 Å². The predicted molar refractivity (Wildman–Crippen MR) is 220 cm³/mol. The number of nitrogens with one attached hydrogen (secondary N) is 2. The first-order valence-corrected chi connectivity index (χ1v) is 22.4. The van der Waals surface area contributed by atoms with Gasteiger partial charge in [0.15, 0.2) is 0 Å². The van der Waals surface area contributed by atoms with Gasteiger partial charge in [0.05, 0.1) is 42.2 Å². The van der Waals surface area contributed by atoms with Crippen LogP contribution < -0.4 is 10.9 Å². The van der Waals surface area contributed by atoms with Crippen LogP contribution in [-0.4, -0.2) is 101 Å². The van der Waals surface area contributed by atoms with Crippen LogP contribution >= 0.6 is 7.60 Å². The Hall–Kier alpha value is -5.97. The SMILES string of the molecule is CC(C)OC(=O)OCOP(=O)(OCOC(=O)OC(C)C)C(F)(F)c1ccc2ccc(C(=O)N[C@H]3CCCC[C@H]4CC[C@@H]([N+](=O)N5C[C@H](c6cc[nH]c(=O)c6)[C@@H](C#N)C5)N4C3=O)cc2c1. The Morgan fingerprint density at radius 3 is 2.20 bits per heavy atom. The molecule has 3 aliphatic rings. The van der Waals surface area contributed by atoms with Crippen molar-refractivity contribution < 1.29 is 65.4 Å². The van der Waals surface area contributed by atoms with Crippen LogP contribution in [0.2, 0.25) is 0 Å². The molecule has 22 heteroatoms. The van der Waals surface area contributed by atoms with Gasteiger partial charge in [0.2, 0.25) is 19.1 Å². The standard InChI is InChI=1S/C42H49F2N6O13P/c1-25(2)62-40(54)58-23-60-64(57,61-24-59-41(55)63-26(3)4)42(43,44)32-12-11-27-9-10-29(17-30(27)18-32)38(52)47-35-8-6-5-7-33-13-14-37(49(33)39(35)53)50(56)48-21-31(20-45)34(22-48)28-15-16-46-36(51)19-28/h9-12,15-19,25-26,31,33-35,37H,5-8,13-14,21-24H2,1-4H3,(H-,46,47,51,52)/p+1/t31-,33-,34+,35-,37+/m0/s1. The number of benzene rings is 2. The van der Waals surface area contributed by atoms with Crippen molar-refractivity contribution >= 4 is 42.5 Å². The summed E-state index contributed by atoms with van der Waals surface area (Å²) in [5.41, 5.74) is -5.07. The molecule has 2 N–H and O–H groups in total. The first kappa shape index (κ1) is 47.5. The van der Waals surface area contributed by atoms with Crippen LogP contribution in [0, 0.1) is 22.2 Å².